The first kappa shape index (κ1) is 20.9. The highest BCUT2D eigenvalue weighted by atomic mass is 32.2. The Morgan fingerprint density at radius 3 is 2.62 bits per heavy atom. The maximum absolute atomic E-state index is 13.6. The van der Waals surface area contributed by atoms with Crippen LogP contribution in [-0.2, 0) is 12.2 Å². The van der Waals surface area contributed by atoms with Crippen molar-refractivity contribution in [1.29, 1.82) is 0 Å². The molecule has 3 aromatic heterocycles. The van der Waals surface area contributed by atoms with E-state index in [1.165, 1.54) is 0 Å². The van der Waals surface area contributed by atoms with E-state index in [4.69, 9.17) is 0 Å². The van der Waals surface area contributed by atoms with Crippen molar-refractivity contribution in [3.8, 4) is 5.69 Å². The molecule has 5 rings (SSSR count). The lowest BCUT2D eigenvalue weighted by molar-refractivity contribution is 0.837. The molecular weight excluding hydrogens is 438 g/mol. The summed E-state index contributed by atoms with van der Waals surface area (Å²) in [6.07, 6.45) is 0.940. The van der Waals surface area contributed by atoms with Crippen molar-refractivity contribution >= 4 is 39.8 Å². The Kier molecular flexibility index (Phi) is 5.57. The van der Waals surface area contributed by atoms with E-state index in [1.807, 2.05) is 46.9 Å². The molecule has 6 nitrogen and oxygen atoms in total. The third-order valence-electron chi connectivity index (χ3n) is 5.45. The number of aromatic nitrogens is 5. The van der Waals surface area contributed by atoms with Crippen LogP contribution in [-0.4, -0.2) is 24.1 Å². The molecule has 0 unspecified atom stereocenters. The zero-order valence-electron chi connectivity index (χ0n) is 18.1. The zero-order valence-corrected chi connectivity index (χ0v) is 19.8. The van der Waals surface area contributed by atoms with Crippen molar-refractivity contribution < 1.29 is 0 Å². The van der Waals surface area contributed by atoms with E-state index in [-0.39, 0.29) is 11.5 Å². The molecule has 0 spiro atoms. The van der Waals surface area contributed by atoms with E-state index in [0.717, 1.165) is 39.0 Å². The van der Waals surface area contributed by atoms with Gasteiger partial charge in [-0.1, -0.05) is 62.9 Å². The first-order valence-corrected chi connectivity index (χ1v) is 12.5. The van der Waals surface area contributed by atoms with Gasteiger partial charge >= 0.3 is 0 Å². The van der Waals surface area contributed by atoms with E-state index in [9.17, 15) is 4.79 Å². The van der Waals surface area contributed by atoms with Gasteiger partial charge in [-0.2, -0.15) is 0 Å². The smallest absolute Gasteiger partial charge is 0.267 e. The minimum Gasteiger partial charge on any atom is -0.268 e. The van der Waals surface area contributed by atoms with Gasteiger partial charge in [0.15, 0.2) is 5.16 Å². The monoisotopic (exact) mass is 461 g/mol. The first-order valence-electron chi connectivity index (χ1n) is 10.6. The van der Waals surface area contributed by atoms with Gasteiger partial charge in [-0.05, 0) is 36.1 Å². The van der Waals surface area contributed by atoms with Crippen molar-refractivity contribution in [1.82, 2.24) is 24.1 Å². The molecule has 3 heterocycles. The summed E-state index contributed by atoms with van der Waals surface area (Å²) < 4.78 is 3.69. The van der Waals surface area contributed by atoms with Crippen LogP contribution in [0.1, 0.15) is 43.0 Å². The Labute approximate surface area is 194 Å². The number of thioether (sulfide) groups is 1. The van der Waals surface area contributed by atoms with Crippen LogP contribution in [0.25, 0.3) is 22.4 Å². The summed E-state index contributed by atoms with van der Waals surface area (Å²) in [5.74, 6) is 1.49. The molecule has 0 saturated heterocycles. The quantitative estimate of drug-likeness (QED) is 0.314. The van der Waals surface area contributed by atoms with Gasteiger partial charge in [0, 0.05) is 11.1 Å². The molecule has 0 fully saturated rings. The van der Waals surface area contributed by atoms with Gasteiger partial charge in [0.1, 0.15) is 0 Å². The molecule has 5 aromatic rings. The van der Waals surface area contributed by atoms with Crippen LogP contribution >= 0.6 is 23.1 Å². The number of aryl methyl sites for hydroxylation is 1. The molecule has 8 heteroatoms. The summed E-state index contributed by atoms with van der Waals surface area (Å²) in [6, 6.07) is 15.7. The van der Waals surface area contributed by atoms with Gasteiger partial charge in [-0.3, -0.25) is 9.20 Å². The predicted octanol–water partition coefficient (Wildman–Crippen LogP) is 5.47. The van der Waals surface area contributed by atoms with Crippen molar-refractivity contribution in [2.75, 3.05) is 0 Å². The second-order valence-electron chi connectivity index (χ2n) is 7.86. The van der Waals surface area contributed by atoms with Crippen LogP contribution in [0.5, 0.6) is 0 Å². The highest BCUT2D eigenvalue weighted by Gasteiger charge is 2.20. The lowest BCUT2D eigenvalue weighted by Crippen LogP contribution is -2.23. The van der Waals surface area contributed by atoms with Gasteiger partial charge in [-0.15, -0.1) is 21.5 Å². The third-order valence-corrected chi connectivity index (χ3v) is 7.45. The maximum Gasteiger partial charge on any atom is 0.267 e. The number of nitrogens with zero attached hydrogens (tertiary/aromatic N) is 5. The second-order valence-corrected chi connectivity index (χ2v) is 9.75. The van der Waals surface area contributed by atoms with Crippen molar-refractivity contribution in [3.05, 3.63) is 80.5 Å². The average Bonchev–Trinajstić information content (AvgIpc) is 3.45. The number of thiazole rings is 1. The number of hydrogen-bond acceptors (Lipinski definition) is 6. The molecule has 32 heavy (non-hydrogen) atoms. The minimum absolute atomic E-state index is 0.0859. The van der Waals surface area contributed by atoms with Gasteiger partial charge in [0.2, 0.25) is 5.78 Å². The van der Waals surface area contributed by atoms with E-state index in [0.29, 0.717) is 16.9 Å². The summed E-state index contributed by atoms with van der Waals surface area (Å²) in [5, 5.41) is 13.6. The highest BCUT2D eigenvalue weighted by molar-refractivity contribution is 7.98. The molecule has 2 aromatic carbocycles. The molecule has 0 N–H and O–H groups in total. The number of para-hydroxylation sites is 2. The molecule has 0 aliphatic heterocycles. The standard InChI is InChI=1S/C24H23N5OS2/c1-4-21-25-16(13-31-21)14-32-24-27-26-23-28(19-11-7-5-9-17(19)15(2)3)22(30)18-10-6-8-12-20(18)29(23)24/h5-13,15H,4,14H2,1-3H3. The summed E-state index contributed by atoms with van der Waals surface area (Å²) >= 11 is 3.27. The molecule has 0 atom stereocenters. The lowest BCUT2D eigenvalue weighted by Gasteiger charge is -2.16. The Bertz CT molecular complexity index is 1480. The first-order chi connectivity index (χ1) is 15.6. The molecular formula is C24H23N5OS2. The normalized spacial score (nSPS) is 11.8. The average molecular weight is 462 g/mol. The summed E-state index contributed by atoms with van der Waals surface area (Å²) in [5.41, 5.74) is 3.71. The molecule has 0 bridgehead atoms. The maximum atomic E-state index is 13.6. The molecule has 0 aliphatic carbocycles. The molecule has 0 aliphatic rings. The van der Waals surface area contributed by atoms with Gasteiger partial charge in [-0.25, -0.2) is 9.55 Å². The van der Waals surface area contributed by atoms with E-state index in [1.54, 1.807) is 27.7 Å². The lowest BCUT2D eigenvalue weighted by atomic mass is 10.0. The summed E-state index contributed by atoms with van der Waals surface area (Å²) in [4.78, 5) is 18.3. The van der Waals surface area contributed by atoms with Crippen molar-refractivity contribution in [2.24, 2.45) is 0 Å². The van der Waals surface area contributed by atoms with Crippen LogP contribution in [0.15, 0.2) is 63.9 Å². The molecule has 0 saturated carbocycles. The Balaban J connectivity index is 1.72. The van der Waals surface area contributed by atoms with E-state index in [2.05, 4.69) is 47.4 Å². The number of hydrogen-bond donors (Lipinski definition) is 0. The number of benzene rings is 2. The summed E-state index contributed by atoms with van der Waals surface area (Å²) in [6.45, 7) is 6.37. The topological polar surface area (TPSA) is 65.1 Å². The Morgan fingerprint density at radius 1 is 1.06 bits per heavy atom. The third kappa shape index (κ3) is 3.53. The number of fused-ring (bicyclic) bond motifs is 3. The molecule has 162 valence electrons. The van der Waals surface area contributed by atoms with Crippen LogP contribution in [0.2, 0.25) is 0 Å². The SMILES string of the molecule is CCc1nc(CSc2nnc3n(-c4ccccc4C(C)C)c(=O)c4ccccc4n23)cs1. The summed E-state index contributed by atoms with van der Waals surface area (Å²) in [7, 11) is 0. The van der Waals surface area contributed by atoms with Gasteiger partial charge < -0.3 is 0 Å². The molecule has 0 radical (unpaired) electrons. The largest absolute Gasteiger partial charge is 0.268 e. The van der Waals surface area contributed by atoms with Crippen molar-refractivity contribution in [2.45, 2.75) is 44.0 Å². The van der Waals surface area contributed by atoms with Crippen molar-refractivity contribution in [3.63, 3.8) is 0 Å². The fourth-order valence-electron chi connectivity index (χ4n) is 3.88. The fourth-order valence-corrected chi connectivity index (χ4v) is 5.57. The van der Waals surface area contributed by atoms with E-state index >= 15 is 0 Å². The van der Waals surface area contributed by atoms with Crippen LogP contribution < -0.4 is 5.56 Å². The Hall–Kier alpha value is -2.97. The minimum atomic E-state index is -0.0859. The fraction of sp³-hybridized carbons (Fsp3) is 0.250. The number of rotatable bonds is 6. The van der Waals surface area contributed by atoms with Crippen LogP contribution in [0, 0.1) is 0 Å². The van der Waals surface area contributed by atoms with Crippen LogP contribution in [0.4, 0.5) is 0 Å². The predicted molar refractivity (Wildman–Crippen MR) is 131 cm³/mol. The van der Waals surface area contributed by atoms with E-state index < -0.39 is 0 Å². The van der Waals surface area contributed by atoms with Gasteiger partial charge in [0.25, 0.3) is 5.56 Å². The molecule has 0 amide bonds. The highest BCUT2D eigenvalue weighted by Crippen LogP contribution is 2.28. The zero-order chi connectivity index (χ0) is 22.2. The second kappa shape index (κ2) is 8.52. The van der Waals surface area contributed by atoms with Crippen LogP contribution in [0.3, 0.4) is 0 Å². The van der Waals surface area contributed by atoms with Gasteiger partial charge in [0.05, 0.1) is 27.3 Å². The Morgan fingerprint density at radius 2 is 1.84 bits per heavy atom.